The summed E-state index contributed by atoms with van der Waals surface area (Å²) in [6.07, 6.45) is 3.14. The van der Waals surface area contributed by atoms with Crippen LogP contribution in [0.15, 0.2) is 72.4 Å². The van der Waals surface area contributed by atoms with Gasteiger partial charge in [-0.25, -0.2) is 19.2 Å². The van der Waals surface area contributed by atoms with Gasteiger partial charge in [0.05, 0.1) is 5.69 Å². The van der Waals surface area contributed by atoms with Crippen LogP contribution in [0.25, 0.3) is 11.5 Å². The van der Waals surface area contributed by atoms with Crippen LogP contribution < -0.4 is 5.32 Å². The van der Waals surface area contributed by atoms with Crippen LogP contribution in [-0.4, -0.2) is 40.3 Å². The van der Waals surface area contributed by atoms with E-state index in [4.69, 9.17) is 0 Å². The summed E-state index contributed by atoms with van der Waals surface area (Å²) < 4.78 is 3.43. The van der Waals surface area contributed by atoms with Crippen molar-refractivity contribution in [1.29, 1.82) is 0 Å². The van der Waals surface area contributed by atoms with Crippen molar-refractivity contribution in [3.63, 3.8) is 0 Å². The fraction of sp³-hybridized carbons (Fsp3) is 0.167. The lowest BCUT2D eigenvalue weighted by Crippen LogP contribution is -2.23. The Morgan fingerprint density at radius 2 is 1.88 bits per heavy atom. The normalized spacial score (nSPS) is 11.1. The smallest absolute Gasteiger partial charge is 0.253 e. The molecule has 0 atom stereocenters. The molecule has 5 rings (SSSR count). The summed E-state index contributed by atoms with van der Waals surface area (Å²) in [5.41, 5.74) is 5.36. The lowest BCUT2D eigenvalue weighted by atomic mass is 10.1. The van der Waals surface area contributed by atoms with Crippen LogP contribution in [-0.2, 0) is 12.3 Å². The molecule has 9 nitrogen and oxygen atoms in total. The van der Waals surface area contributed by atoms with Gasteiger partial charge in [0.15, 0.2) is 0 Å². The predicted molar refractivity (Wildman–Crippen MR) is 129 cm³/mol. The van der Waals surface area contributed by atoms with Crippen LogP contribution in [0.5, 0.6) is 0 Å². The topological polar surface area (TPSA) is 103 Å². The van der Waals surface area contributed by atoms with E-state index in [1.54, 1.807) is 15.5 Å². The van der Waals surface area contributed by atoms with Crippen molar-refractivity contribution in [2.45, 2.75) is 31.3 Å². The summed E-state index contributed by atoms with van der Waals surface area (Å²) >= 11 is 1.48. The number of nitrogens with one attached hydrogen (secondary N) is 1. The number of amides is 1. The van der Waals surface area contributed by atoms with Gasteiger partial charge in [0.1, 0.15) is 12.7 Å². The van der Waals surface area contributed by atoms with Crippen molar-refractivity contribution >= 4 is 23.4 Å². The molecule has 0 radical (unpaired) electrons. The van der Waals surface area contributed by atoms with Gasteiger partial charge < -0.3 is 5.32 Å². The number of hydrogen-bond donors (Lipinski definition) is 1. The number of rotatable bonds is 7. The molecule has 10 heteroatoms. The molecule has 3 heterocycles. The quantitative estimate of drug-likeness (QED) is 0.363. The van der Waals surface area contributed by atoms with Crippen LogP contribution >= 0.6 is 11.8 Å². The predicted octanol–water partition coefficient (Wildman–Crippen LogP) is 3.54. The van der Waals surface area contributed by atoms with E-state index in [1.807, 2.05) is 68.4 Å². The maximum Gasteiger partial charge on any atom is 0.253 e. The molecule has 2 aromatic carbocycles. The van der Waals surface area contributed by atoms with Gasteiger partial charge in [0.2, 0.25) is 5.16 Å². The van der Waals surface area contributed by atoms with Crippen LogP contribution in [0, 0.1) is 13.8 Å². The summed E-state index contributed by atoms with van der Waals surface area (Å²) in [4.78, 5) is 25.8. The Morgan fingerprint density at radius 3 is 2.68 bits per heavy atom. The van der Waals surface area contributed by atoms with Gasteiger partial charge in [-0.1, -0.05) is 42.1 Å². The standard InChI is InChI=1S/C24H22N8OS/c1-16-11-17(2)32-23(28-16)29-24(30-32)34-13-19-5-3-4-6-21(19)22(33)26-12-18-7-9-20(10-8-18)31-15-25-14-27-31/h3-11,14-15H,12-13H2,1-2H3,(H,26,33). The average Bonchev–Trinajstić information content (AvgIpc) is 3.52. The van der Waals surface area contributed by atoms with Crippen molar-refractivity contribution in [2.24, 2.45) is 0 Å². The van der Waals surface area contributed by atoms with Crippen molar-refractivity contribution in [3.8, 4) is 5.69 Å². The Kier molecular flexibility index (Phi) is 6.05. The van der Waals surface area contributed by atoms with E-state index in [0.29, 0.717) is 28.8 Å². The van der Waals surface area contributed by atoms with Crippen molar-refractivity contribution in [2.75, 3.05) is 0 Å². The summed E-state index contributed by atoms with van der Waals surface area (Å²) in [5, 5.41) is 12.3. The number of fused-ring (bicyclic) bond motifs is 1. The number of carbonyl (C=O) groups excluding carboxylic acids is 1. The van der Waals surface area contributed by atoms with E-state index in [1.165, 1.54) is 18.1 Å². The molecule has 0 aliphatic rings. The highest BCUT2D eigenvalue weighted by Gasteiger charge is 2.13. The minimum absolute atomic E-state index is 0.118. The second-order valence-electron chi connectivity index (χ2n) is 7.78. The molecule has 0 fully saturated rings. The van der Waals surface area contributed by atoms with E-state index in [2.05, 4.69) is 30.5 Å². The number of carbonyl (C=O) groups is 1. The maximum absolute atomic E-state index is 12.9. The largest absolute Gasteiger partial charge is 0.348 e. The van der Waals surface area contributed by atoms with Crippen molar-refractivity contribution in [3.05, 3.63) is 95.3 Å². The summed E-state index contributed by atoms with van der Waals surface area (Å²) in [6, 6.07) is 17.4. The molecule has 0 saturated carbocycles. The first-order valence-electron chi connectivity index (χ1n) is 10.7. The SMILES string of the molecule is Cc1cc(C)n2nc(SCc3ccccc3C(=O)NCc3ccc(-n4cncn4)cc3)nc2n1. The number of benzene rings is 2. The van der Waals surface area contributed by atoms with Gasteiger partial charge in [0.25, 0.3) is 11.7 Å². The highest BCUT2D eigenvalue weighted by molar-refractivity contribution is 7.98. The molecular weight excluding hydrogens is 448 g/mol. The molecule has 0 unspecified atom stereocenters. The Bertz CT molecular complexity index is 1440. The molecule has 3 aromatic heterocycles. The van der Waals surface area contributed by atoms with E-state index in [0.717, 1.165) is 28.2 Å². The molecule has 5 aromatic rings. The van der Waals surface area contributed by atoms with Crippen molar-refractivity contribution in [1.82, 2.24) is 39.7 Å². The minimum atomic E-state index is -0.118. The highest BCUT2D eigenvalue weighted by atomic mass is 32.2. The Labute approximate surface area is 200 Å². The van der Waals surface area contributed by atoms with Gasteiger partial charge in [0, 0.05) is 29.2 Å². The van der Waals surface area contributed by atoms with E-state index in [9.17, 15) is 4.79 Å². The van der Waals surface area contributed by atoms with Gasteiger partial charge in [-0.05, 0) is 49.2 Å². The summed E-state index contributed by atoms with van der Waals surface area (Å²) in [6.45, 7) is 4.34. The monoisotopic (exact) mass is 470 g/mol. The Morgan fingerprint density at radius 1 is 1.06 bits per heavy atom. The summed E-state index contributed by atoms with van der Waals surface area (Å²) in [5.74, 6) is 1.04. The molecule has 34 heavy (non-hydrogen) atoms. The summed E-state index contributed by atoms with van der Waals surface area (Å²) in [7, 11) is 0. The third-order valence-corrected chi connectivity index (χ3v) is 6.18. The van der Waals surface area contributed by atoms with E-state index < -0.39 is 0 Å². The van der Waals surface area contributed by atoms with Crippen LogP contribution in [0.4, 0.5) is 0 Å². The zero-order valence-electron chi connectivity index (χ0n) is 18.7. The number of aromatic nitrogens is 7. The van der Waals surface area contributed by atoms with Crippen molar-refractivity contribution < 1.29 is 4.79 Å². The number of aryl methyl sites for hydroxylation is 2. The Balaban J connectivity index is 1.24. The first kappa shape index (κ1) is 21.8. The first-order valence-corrected chi connectivity index (χ1v) is 11.7. The lowest BCUT2D eigenvalue weighted by molar-refractivity contribution is 0.0950. The van der Waals surface area contributed by atoms with E-state index in [-0.39, 0.29) is 5.91 Å². The Hall–Kier alpha value is -4.05. The second kappa shape index (κ2) is 9.44. The zero-order chi connectivity index (χ0) is 23.5. The van der Waals surface area contributed by atoms with Gasteiger partial charge in [-0.3, -0.25) is 4.79 Å². The average molecular weight is 471 g/mol. The fourth-order valence-electron chi connectivity index (χ4n) is 3.60. The molecule has 0 aliphatic carbocycles. The third-order valence-electron chi connectivity index (χ3n) is 5.29. The molecule has 1 amide bonds. The minimum Gasteiger partial charge on any atom is -0.348 e. The first-order chi connectivity index (χ1) is 16.6. The number of thioether (sulfide) groups is 1. The number of nitrogens with zero attached hydrogens (tertiary/aromatic N) is 7. The number of hydrogen-bond acceptors (Lipinski definition) is 7. The van der Waals surface area contributed by atoms with Crippen LogP contribution in [0.3, 0.4) is 0 Å². The molecule has 1 N–H and O–H groups in total. The zero-order valence-corrected chi connectivity index (χ0v) is 19.5. The second-order valence-corrected chi connectivity index (χ2v) is 8.72. The molecule has 0 spiro atoms. The van der Waals surface area contributed by atoms with Gasteiger partial charge in [-0.15, -0.1) is 5.10 Å². The molecule has 0 bridgehead atoms. The molecule has 0 saturated heterocycles. The fourth-order valence-corrected chi connectivity index (χ4v) is 4.43. The van der Waals surface area contributed by atoms with Gasteiger partial charge in [-0.2, -0.15) is 10.1 Å². The van der Waals surface area contributed by atoms with Crippen LogP contribution in [0.1, 0.15) is 32.9 Å². The molecule has 170 valence electrons. The van der Waals surface area contributed by atoms with E-state index >= 15 is 0 Å². The lowest BCUT2D eigenvalue weighted by Gasteiger charge is -2.10. The highest BCUT2D eigenvalue weighted by Crippen LogP contribution is 2.23. The maximum atomic E-state index is 12.9. The van der Waals surface area contributed by atoms with Crippen LogP contribution in [0.2, 0.25) is 0 Å². The molecular formula is C24H22N8OS. The molecule has 0 aliphatic heterocycles. The third kappa shape index (κ3) is 4.67. The van der Waals surface area contributed by atoms with Gasteiger partial charge >= 0.3 is 0 Å².